The quantitative estimate of drug-likeness (QED) is 0.633. The van der Waals surface area contributed by atoms with Crippen molar-refractivity contribution < 1.29 is 19.8 Å². The van der Waals surface area contributed by atoms with Crippen molar-refractivity contribution >= 4 is 11.9 Å². The highest BCUT2D eigenvalue weighted by molar-refractivity contribution is 5.75. The zero-order valence-electron chi connectivity index (χ0n) is 7.12. The Bertz CT molecular complexity index is 137. The Labute approximate surface area is 71.5 Å². The molecular formula is C8H14O4. The van der Waals surface area contributed by atoms with Gasteiger partial charge in [0.2, 0.25) is 0 Å². The second-order valence-corrected chi connectivity index (χ2v) is 1.98. The predicted octanol–water partition coefficient (Wildman–Crippen LogP) is 1.52. The summed E-state index contributed by atoms with van der Waals surface area (Å²) in [5.74, 6) is -2.15. The van der Waals surface area contributed by atoms with Crippen molar-refractivity contribution in [2.75, 3.05) is 0 Å². The molecule has 70 valence electrons. The summed E-state index contributed by atoms with van der Waals surface area (Å²) >= 11 is 0. The van der Waals surface area contributed by atoms with Gasteiger partial charge in [-0.2, -0.15) is 0 Å². The number of aliphatic carboxylic acids is 2. The molecule has 0 aliphatic carbocycles. The molecule has 0 aliphatic heterocycles. The summed E-state index contributed by atoms with van der Waals surface area (Å²) in [6.07, 6.45) is 2.37. The Balaban J connectivity index is 0. The van der Waals surface area contributed by atoms with Gasteiger partial charge in [-0.1, -0.05) is 13.0 Å². The monoisotopic (exact) mass is 174 g/mol. The Kier molecular flexibility index (Phi) is 10.7. The first-order valence-electron chi connectivity index (χ1n) is 3.59. The van der Waals surface area contributed by atoms with Gasteiger partial charge in [0, 0.05) is 0 Å². The van der Waals surface area contributed by atoms with Gasteiger partial charge in [-0.15, -0.1) is 6.58 Å². The molecule has 12 heavy (non-hydrogen) atoms. The Morgan fingerprint density at radius 3 is 1.58 bits per heavy atom. The van der Waals surface area contributed by atoms with E-state index in [1.165, 1.54) is 0 Å². The summed E-state index contributed by atoms with van der Waals surface area (Å²) < 4.78 is 0. The number of rotatable bonds is 4. The molecule has 0 bridgehead atoms. The van der Waals surface area contributed by atoms with E-state index in [0.29, 0.717) is 0 Å². The minimum atomic E-state index is -1.08. The molecule has 4 heteroatoms. The largest absolute Gasteiger partial charge is 0.481 e. The van der Waals surface area contributed by atoms with Crippen LogP contribution in [0.2, 0.25) is 0 Å². The molecule has 0 aromatic rings. The van der Waals surface area contributed by atoms with E-state index in [4.69, 9.17) is 10.2 Å². The third-order valence-electron chi connectivity index (χ3n) is 0.841. The van der Waals surface area contributed by atoms with E-state index in [-0.39, 0.29) is 12.8 Å². The molecule has 0 aromatic heterocycles. The van der Waals surface area contributed by atoms with Gasteiger partial charge in [0.1, 0.15) is 0 Å². The number of carbonyl (C=O) groups is 2. The van der Waals surface area contributed by atoms with Gasteiger partial charge in [0.15, 0.2) is 0 Å². The second kappa shape index (κ2) is 9.68. The van der Waals surface area contributed by atoms with E-state index in [2.05, 4.69) is 13.5 Å². The van der Waals surface area contributed by atoms with E-state index in [9.17, 15) is 9.59 Å². The molecule has 0 amide bonds. The van der Waals surface area contributed by atoms with Gasteiger partial charge in [0.05, 0.1) is 12.8 Å². The van der Waals surface area contributed by atoms with Crippen molar-refractivity contribution in [1.82, 2.24) is 0 Å². The highest BCUT2D eigenvalue weighted by Gasteiger charge is 2.00. The van der Waals surface area contributed by atoms with Crippen LogP contribution in [0.25, 0.3) is 0 Å². The fourth-order valence-corrected chi connectivity index (χ4v) is 0.214. The van der Waals surface area contributed by atoms with Gasteiger partial charge < -0.3 is 10.2 Å². The first kappa shape index (κ1) is 13.3. The summed E-state index contributed by atoms with van der Waals surface area (Å²) in [7, 11) is 0. The van der Waals surface area contributed by atoms with Crippen LogP contribution in [-0.4, -0.2) is 22.2 Å². The fraction of sp³-hybridized carbons (Fsp3) is 0.500. The Hall–Kier alpha value is -1.32. The third kappa shape index (κ3) is 23.4. The van der Waals surface area contributed by atoms with Crippen molar-refractivity contribution in [3.8, 4) is 0 Å². The predicted molar refractivity (Wildman–Crippen MR) is 45.0 cm³/mol. The molecule has 0 unspecified atom stereocenters. The van der Waals surface area contributed by atoms with E-state index >= 15 is 0 Å². The molecule has 0 atom stereocenters. The average Bonchev–Trinajstić information content (AvgIpc) is 2.01. The molecule has 0 radical (unpaired) electrons. The highest BCUT2D eigenvalue weighted by atomic mass is 16.4. The summed E-state index contributed by atoms with van der Waals surface area (Å²) in [4.78, 5) is 19.3. The molecule has 0 spiro atoms. The van der Waals surface area contributed by atoms with Gasteiger partial charge in [-0.25, -0.2) is 0 Å². The Morgan fingerprint density at radius 1 is 1.25 bits per heavy atom. The normalized spacial score (nSPS) is 7.75. The van der Waals surface area contributed by atoms with Crippen LogP contribution in [-0.2, 0) is 9.59 Å². The number of carboxylic acid groups (broad SMARTS) is 2. The lowest BCUT2D eigenvalue weighted by Gasteiger charge is -1.85. The van der Waals surface area contributed by atoms with Crippen molar-refractivity contribution in [3.63, 3.8) is 0 Å². The third-order valence-corrected chi connectivity index (χ3v) is 0.841. The molecule has 0 aliphatic rings. The summed E-state index contributed by atoms with van der Waals surface area (Å²) in [6.45, 7) is 5.54. The maximum atomic E-state index is 9.64. The molecule has 0 rings (SSSR count). The SMILES string of the molecule is C=CCC.O=C(O)CCC(=O)O. The van der Waals surface area contributed by atoms with Crippen molar-refractivity contribution in [2.45, 2.75) is 26.2 Å². The van der Waals surface area contributed by atoms with Crippen LogP contribution in [0.3, 0.4) is 0 Å². The Morgan fingerprint density at radius 2 is 1.50 bits per heavy atom. The summed E-state index contributed by atoms with van der Waals surface area (Å²) in [5.41, 5.74) is 0. The van der Waals surface area contributed by atoms with Gasteiger partial charge in [0.25, 0.3) is 0 Å². The lowest BCUT2D eigenvalue weighted by Crippen LogP contribution is -2.00. The lowest BCUT2D eigenvalue weighted by atomic mass is 10.3. The molecule has 0 saturated carbocycles. The molecule has 0 aromatic carbocycles. The minimum Gasteiger partial charge on any atom is -0.481 e. The van der Waals surface area contributed by atoms with Gasteiger partial charge in [-0.05, 0) is 6.42 Å². The van der Waals surface area contributed by atoms with Crippen LogP contribution < -0.4 is 0 Å². The molecule has 0 saturated heterocycles. The van der Waals surface area contributed by atoms with Crippen molar-refractivity contribution in [1.29, 1.82) is 0 Å². The first-order chi connectivity index (χ1) is 5.54. The van der Waals surface area contributed by atoms with E-state index in [0.717, 1.165) is 6.42 Å². The molecule has 0 fully saturated rings. The van der Waals surface area contributed by atoms with Gasteiger partial charge in [-0.3, -0.25) is 9.59 Å². The van der Waals surface area contributed by atoms with Crippen LogP contribution in [0.5, 0.6) is 0 Å². The van der Waals surface area contributed by atoms with Crippen LogP contribution in [0.4, 0.5) is 0 Å². The second-order valence-electron chi connectivity index (χ2n) is 1.98. The van der Waals surface area contributed by atoms with Crippen LogP contribution in [0.15, 0.2) is 12.7 Å². The van der Waals surface area contributed by atoms with Crippen LogP contribution in [0.1, 0.15) is 26.2 Å². The fourth-order valence-electron chi connectivity index (χ4n) is 0.214. The lowest BCUT2D eigenvalue weighted by molar-refractivity contribution is -0.143. The van der Waals surface area contributed by atoms with Crippen molar-refractivity contribution in [2.24, 2.45) is 0 Å². The van der Waals surface area contributed by atoms with Crippen LogP contribution >= 0.6 is 0 Å². The maximum absolute atomic E-state index is 9.64. The van der Waals surface area contributed by atoms with E-state index in [1.54, 1.807) is 0 Å². The average molecular weight is 174 g/mol. The summed E-state index contributed by atoms with van der Waals surface area (Å²) in [6, 6.07) is 0. The molecule has 0 heterocycles. The number of hydrogen-bond donors (Lipinski definition) is 2. The number of hydrogen-bond acceptors (Lipinski definition) is 2. The van der Waals surface area contributed by atoms with E-state index in [1.807, 2.05) is 6.08 Å². The first-order valence-corrected chi connectivity index (χ1v) is 3.59. The number of allylic oxidation sites excluding steroid dienone is 1. The highest BCUT2D eigenvalue weighted by Crippen LogP contribution is 1.86. The topological polar surface area (TPSA) is 74.6 Å². The minimum absolute atomic E-state index is 0.296. The zero-order valence-corrected chi connectivity index (χ0v) is 7.12. The number of carboxylic acids is 2. The summed E-state index contributed by atoms with van der Waals surface area (Å²) in [5, 5.41) is 15.8. The smallest absolute Gasteiger partial charge is 0.303 e. The molecular weight excluding hydrogens is 160 g/mol. The molecule has 4 nitrogen and oxygen atoms in total. The zero-order chi connectivity index (χ0) is 9.98. The van der Waals surface area contributed by atoms with E-state index < -0.39 is 11.9 Å². The maximum Gasteiger partial charge on any atom is 0.303 e. The standard InChI is InChI=1S/C4H6O4.C4H8/c5-3(6)1-2-4(7)8;1-3-4-2/h1-2H2,(H,5,6)(H,7,8);3H,1,4H2,2H3. The van der Waals surface area contributed by atoms with Crippen molar-refractivity contribution in [3.05, 3.63) is 12.7 Å². The van der Waals surface area contributed by atoms with Gasteiger partial charge >= 0.3 is 11.9 Å². The molecule has 2 N–H and O–H groups in total. The van der Waals surface area contributed by atoms with Crippen LogP contribution in [0, 0.1) is 0 Å².